The SMILES string of the molecule is CNC(=O)CCCN1C(=O)C(=O)c2cc(C)cc(F)c21. The molecule has 0 saturated heterocycles. The molecule has 0 unspecified atom stereocenters. The number of rotatable bonds is 4. The van der Waals surface area contributed by atoms with E-state index < -0.39 is 17.5 Å². The minimum atomic E-state index is -0.735. The first kappa shape index (κ1) is 14.2. The van der Waals surface area contributed by atoms with E-state index in [2.05, 4.69) is 5.32 Å². The van der Waals surface area contributed by atoms with Crippen LogP contribution in [0.5, 0.6) is 0 Å². The minimum absolute atomic E-state index is 0.0301. The summed E-state index contributed by atoms with van der Waals surface area (Å²) in [4.78, 5) is 36.0. The molecule has 2 amide bonds. The quantitative estimate of drug-likeness (QED) is 0.841. The summed E-state index contributed by atoms with van der Waals surface area (Å²) in [6.07, 6.45) is 0.586. The third-order valence-corrected chi connectivity index (χ3v) is 3.23. The number of hydrogen-bond donors (Lipinski definition) is 1. The number of fused-ring (bicyclic) bond motifs is 1. The monoisotopic (exact) mass is 278 g/mol. The lowest BCUT2D eigenvalue weighted by Gasteiger charge is -2.16. The molecule has 2 rings (SSSR count). The van der Waals surface area contributed by atoms with E-state index in [1.807, 2.05) is 0 Å². The van der Waals surface area contributed by atoms with Crippen molar-refractivity contribution in [1.29, 1.82) is 0 Å². The molecule has 106 valence electrons. The number of carbonyl (C=O) groups is 3. The number of amides is 2. The van der Waals surface area contributed by atoms with Gasteiger partial charge in [-0.1, -0.05) is 0 Å². The summed E-state index contributed by atoms with van der Waals surface area (Å²) in [7, 11) is 1.52. The molecule has 0 fully saturated rings. The van der Waals surface area contributed by atoms with Crippen LogP contribution < -0.4 is 10.2 Å². The highest BCUT2D eigenvalue weighted by Gasteiger charge is 2.37. The molecule has 0 radical (unpaired) electrons. The smallest absolute Gasteiger partial charge is 0.299 e. The average Bonchev–Trinajstić information content (AvgIpc) is 2.64. The third kappa shape index (κ3) is 2.41. The zero-order valence-electron chi connectivity index (χ0n) is 11.3. The van der Waals surface area contributed by atoms with Gasteiger partial charge in [0.05, 0.1) is 11.3 Å². The molecule has 1 aromatic rings. The van der Waals surface area contributed by atoms with E-state index in [1.165, 1.54) is 19.2 Å². The number of ketones is 1. The Balaban J connectivity index is 2.22. The Morgan fingerprint density at radius 2 is 2.05 bits per heavy atom. The molecule has 1 aliphatic heterocycles. The van der Waals surface area contributed by atoms with Gasteiger partial charge < -0.3 is 10.2 Å². The Morgan fingerprint density at radius 1 is 1.35 bits per heavy atom. The Labute approximate surface area is 115 Å². The standard InChI is InChI=1S/C14H15FN2O3/c1-8-6-9-12(10(15)7-8)17(14(20)13(9)19)5-3-4-11(18)16-2/h6-7H,3-5H2,1-2H3,(H,16,18). The van der Waals surface area contributed by atoms with Crippen LogP contribution in [0.3, 0.4) is 0 Å². The number of hydrogen-bond acceptors (Lipinski definition) is 3. The number of nitrogens with one attached hydrogen (secondary N) is 1. The molecule has 6 heteroatoms. The molecule has 1 heterocycles. The van der Waals surface area contributed by atoms with Crippen LogP contribution in [0.1, 0.15) is 28.8 Å². The normalized spacial score (nSPS) is 13.7. The lowest BCUT2D eigenvalue weighted by molar-refractivity contribution is -0.121. The van der Waals surface area contributed by atoms with Crippen molar-refractivity contribution in [3.8, 4) is 0 Å². The van der Waals surface area contributed by atoms with Gasteiger partial charge in [0.2, 0.25) is 5.91 Å². The summed E-state index contributed by atoms with van der Waals surface area (Å²) >= 11 is 0. The fraction of sp³-hybridized carbons (Fsp3) is 0.357. The highest BCUT2D eigenvalue weighted by atomic mass is 19.1. The third-order valence-electron chi connectivity index (χ3n) is 3.23. The summed E-state index contributed by atoms with van der Waals surface area (Å²) in [5.41, 5.74) is 0.726. The van der Waals surface area contributed by atoms with Gasteiger partial charge in [-0.3, -0.25) is 14.4 Å². The zero-order chi connectivity index (χ0) is 14.9. The molecular formula is C14H15FN2O3. The van der Waals surface area contributed by atoms with E-state index in [0.717, 1.165) is 4.90 Å². The highest BCUT2D eigenvalue weighted by Crippen LogP contribution is 2.32. The van der Waals surface area contributed by atoms with Gasteiger partial charge in [-0.05, 0) is 31.0 Å². The van der Waals surface area contributed by atoms with E-state index in [4.69, 9.17) is 0 Å². The van der Waals surface area contributed by atoms with E-state index >= 15 is 0 Å². The minimum Gasteiger partial charge on any atom is -0.359 e. The highest BCUT2D eigenvalue weighted by molar-refractivity contribution is 6.52. The number of nitrogens with zero attached hydrogens (tertiary/aromatic N) is 1. The van der Waals surface area contributed by atoms with Gasteiger partial charge in [0.1, 0.15) is 5.82 Å². The Hall–Kier alpha value is -2.24. The second kappa shape index (κ2) is 5.40. The van der Waals surface area contributed by atoms with E-state index in [9.17, 15) is 18.8 Å². The van der Waals surface area contributed by atoms with Crippen molar-refractivity contribution in [3.63, 3.8) is 0 Å². The average molecular weight is 278 g/mol. The van der Waals surface area contributed by atoms with Gasteiger partial charge >= 0.3 is 0 Å². The van der Waals surface area contributed by atoms with Crippen molar-refractivity contribution >= 4 is 23.3 Å². The summed E-state index contributed by atoms with van der Waals surface area (Å²) in [6.45, 7) is 1.81. The Kier molecular flexibility index (Phi) is 3.83. The predicted molar refractivity (Wildman–Crippen MR) is 71.1 cm³/mol. The molecule has 1 aromatic carbocycles. The lowest BCUT2D eigenvalue weighted by atomic mass is 10.1. The van der Waals surface area contributed by atoms with Gasteiger partial charge in [0.15, 0.2) is 0 Å². The molecule has 1 N–H and O–H groups in total. The molecule has 5 nitrogen and oxygen atoms in total. The molecule has 0 spiro atoms. The first-order chi connectivity index (χ1) is 9.45. The topological polar surface area (TPSA) is 66.5 Å². The molecular weight excluding hydrogens is 263 g/mol. The van der Waals surface area contributed by atoms with Crippen molar-refractivity contribution < 1.29 is 18.8 Å². The van der Waals surface area contributed by atoms with Crippen LogP contribution in [0.2, 0.25) is 0 Å². The van der Waals surface area contributed by atoms with E-state index in [-0.39, 0.29) is 30.1 Å². The van der Waals surface area contributed by atoms with Gasteiger partial charge in [-0.15, -0.1) is 0 Å². The number of anilines is 1. The summed E-state index contributed by atoms with van der Waals surface area (Å²) in [5, 5.41) is 2.46. The zero-order valence-corrected chi connectivity index (χ0v) is 11.3. The van der Waals surface area contributed by atoms with Crippen LogP contribution in [-0.4, -0.2) is 31.2 Å². The molecule has 0 saturated carbocycles. The number of Topliss-reactive ketones (excluding diaryl/α,β-unsaturated/α-hetero) is 1. The van der Waals surface area contributed by atoms with Crippen molar-refractivity contribution in [2.75, 3.05) is 18.5 Å². The summed E-state index contributed by atoms with van der Waals surface area (Å²) in [6, 6.07) is 2.80. The first-order valence-electron chi connectivity index (χ1n) is 6.32. The lowest BCUT2D eigenvalue weighted by Crippen LogP contribution is -2.32. The first-order valence-corrected chi connectivity index (χ1v) is 6.32. The molecule has 1 aliphatic rings. The maximum Gasteiger partial charge on any atom is 0.299 e. The number of benzene rings is 1. The van der Waals surface area contributed by atoms with Crippen molar-refractivity contribution in [1.82, 2.24) is 5.32 Å². The van der Waals surface area contributed by atoms with E-state index in [0.29, 0.717) is 12.0 Å². The molecule has 0 aliphatic carbocycles. The largest absolute Gasteiger partial charge is 0.359 e. The fourth-order valence-electron chi connectivity index (χ4n) is 2.26. The number of aryl methyl sites for hydroxylation is 1. The maximum absolute atomic E-state index is 14.0. The fourth-order valence-corrected chi connectivity index (χ4v) is 2.26. The van der Waals surface area contributed by atoms with Gasteiger partial charge in [0, 0.05) is 20.0 Å². The van der Waals surface area contributed by atoms with Crippen LogP contribution in [-0.2, 0) is 9.59 Å². The van der Waals surface area contributed by atoms with Crippen LogP contribution in [0, 0.1) is 12.7 Å². The van der Waals surface area contributed by atoms with Crippen molar-refractivity contribution in [2.45, 2.75) is 19.8 Å². The van der Waals surface area contributed by atoms with Crippen LogP contribution >= 0.6 is 0 Å². The van der Waals surface area contributed by atoms with Crippen LogP contribution in [0.15, 0.2) is 12.1 Å². The summed E-state index contributed by atoms with van der Waals surface area (Å²) < 4.78 is 14.0. The Morgan fingerprint density at radius 3 is 2.70 bits per heavy atom. The number of carbonyl (C=O) groups excluding carboxylic acids is 3. The maximum atomic E-state index is 14.0. The van der Waals surface area contributed by atoms with Crippen LogP contribution in [0.4, 0.5) is 10.1 Å². The number of halogens is 1. The van der Waals surface area contributed by atoms with Gasteiger partial charge in [0.25, 0.3) is 11.7 Å². The van der Waals surface area contributed by atoms with Gasteiger partial charge in [-0.2, -0.15) is 0 Å². The molecule has 0 bridgehead atoms. The van der Waals surface area contributed by atoms with Gasteiger partial charge in [-0.25, -0.2) is 4.39 Å². The second-order valence-corrected chi connectivity index (χ2v) is 4.71. The van der Waals surface area contributed by atoms with Crippen LogP contribution in [0.25, 0.3) is 0 Å². The van der Waals surface area contributed by atoms with Crippen molar-refractivity contribution in [3.05, 3.63) is 29.1 Å². The Bertz CT molecular complexity index is 598. The molecule has 20 heavy (non-hydrogen) atoms. The van der Waals surface area contributed by atoms with Crippen molar-refractivity contribution in [2.24, 2.45) is 0 Å². The molecule has 0 aromatic heterocycles. The molecule has 0 atom stereocenters. The summed E-state index contributed by atoms with van der Waals surface area (Å²) in [5.74, 6) is -2.17. The predicted octanol–water partition coefficient (Wildman–Crippen LogP) is 1.19. The second-order valence-electron chi connectivity index (χ2n) is 4.71. The van der Waals surface area contributed by atoms with E-state index in [1.54, 1.807) is 6.92 Å².